The lowest BCUT2D eigenvalue weighted by Gasteiger charge is -2.22. The van der Waals surface area contributed by atoms with Gasteiger partial charge in [-0.15, -0.1) is 0 Å². The Morgan fingerprint density at radius 3 is 2.26 bits per heavy atom. The highest BCUT2D eigenvalue weighted by atomic mass is 19.1. The molecule has 0 aliphatic heterocycles. The third-order valence-electron chi connectivity index (χ3n) is 7.45. The van der Waals surface area contributed by atoms with Gasteiger partial charge in [-0.05, 0) is 48.2 Å². The number of halogens is 1. The van der Waals surface area contributed by atoms with E-state index in [1.54, 1.807) is 23.1 Å². The number of benzene rings is 4. The van der Waals surface area contributed by atoms with Crippen molar-refractivity contribution >= 4 is 22.8 Å². The molecule has 5 rings (SSSR count). The molecule has 1 heterocycles. The number of hydrogen-bond donors (Lipinski definition) is 3. The molecule has 0 aliphatic carbocycles. The van der Waals surface area contributed by atoms with Crippen molar-refractivity contribution < 1.29 is 9.18 Å². The number of carbonyl (C=O) groups is 1. The number of amides is 1. The van der Waals surface area contributed by atoms with Crippen LogP contribution in [0.15, 0.2) is 97.1 Å². The van der Waals surface area contributed by atoms with Gasteiger partial charge in [0, 0.05) is 49.3 Å². The van der Waals surface area contributed by atoms with Crippen LogP contribution in [0.3, 0.4) is 0 Å². The van der Waals surface area contributed by atoms with Crippen LogP contribution in [0.25, 0.3) is 11.0 Å². The summed E-state index contributed by atoms with van der Waals surface area (Å²) in [6.45, 7) is 1.47. The number of fused-ring (bicyclic) bond motifs is 1. The van der Waals surface area contributed by atoms with Crippen molar-refractivity contribution in [1.29, 1.82) is 5.41 Å². The molecule has 7 nitrogen and oxygen atoms in total. The molecule has 4 aromatic carbocycles. The number of nitrogens with zero attached hydrogens (tertiary/aromatic N) is 3. The molecule has 0 unspecified atom stereocenters. The van der Waals surface area contributed by atoms with E-state index in [0.29, 0.717) is 29.7 Å². The summed E-state index contributed by atoms with van der Waals surface area (Å²) in [6, 6.07) is 30.1. The second-order valence-electron chi connectivity index (χ2n) is 10.3. The number of nitrogens with two attached hydrogens (primary N) is 2. The van der Waals surface area contributed by atoms with Gasteiger partial charge in [0.15, 0.2) is 0 Å². The number of imidazole rings is 1. The first-order valence-corrected chi connectivity index (χ1v) is 14.1. The highest BCUT2D eigenvalue weighted by Crippen LogP contribution is 2.22. The fourth-order valence-corrected chi connectivity index (χ4v) is 5.17. The highest BCUT2D eigenvalue weighted by molar-refractivity contribution is 5.97. The first kappa shape index (κ1) is 28.7. The van der Waals surface area contributed by atoms with Crippen molar-refractivity contribution in [2.75, 3.05) is 13.1 Å². The smallest absolute Gasteiger partial charge is 0.254 e. The van der Waals surface area contributed by atoms with Crippen molar-refractivity contribution in [3.8, 4) is 0 Å². The first-order valence-electron chi connectivity index (χ1n) is 14.1. The second kappa shape index (κ2) is 13.2. The Labute approximate surface area is 245 Å². The third kappa shape index (κ3) is 6.72. The lowest BCUT2D eigenvalue weighted by molar-refractivity contribution is 0.0747. The number of aromatic nitrogens is 2. The highest BCUT2D eigenvalue weighted by Gasteiger charge is 2.19. The van der Waals surface area contributed by atoms with E-state index in [1.807, 2.05) is 60.7 Å². The maximum atomic E-state index is 14.4. The Morgan fingerprint density at radius 2 is 1.55 bits per heavy atom. The van der Waals surface area contributed by atoms with E-state index in [2.05, 4.69) is 16.7 Å². The van der Waals surface area contributed by atoms with Gasteiger partial charge < -0.3 is 20.9 Å². The molecule has 0 saturated heterocycles. The Morgan fingerprint density at radius 1 is 0.857 bits per heavy atom. The number of carbonyl (C=O) groups excluding carboxylic acids is 1. The van der Waals surface area contributed by atoms with Gasteiger partial charge in [0.05, 0.1) is 11.0 Å². The fraction of sp³-hybridized carbons (Fsp3) is 0.206. The normalized spacial score (nSPS) is 11.1. The molecule has 42 heavy (non-hydrogen) atoms. The van der Waals surface area contributed by atoms with Crippen LogP contribution in [-0.4, -0.2) is 39.3 Å². The van der Waals surface area contributed by atoms with Gasteiger partial charge in [-0.25, -0.2) is 9.37 Å². The minimum atomic E-state index is -0.347. The molecule has 5 N–H and O–H groups in total. The summed E-state index contributed by atoms with van der Waals surface area (Å²) in [6.07, 6.45) is 2.32. The first-order chi connectivity index (χ1) is 20.4. The number of hydrogen-bond acceptors (Lipinski definition) is 4. The van der Waals surface area contributed by atoms with E-state index in [4.69, 9.17) is 21.9 Å². The zero-order valence-electron chi connectivity index (χ0n) is 23.5. The summed E-state index contributed by atoms with van der Waals surface area (Å²) >= 11 is 0. The van der Waals surface area contributed by atoms with Gasteiger partial charge in [-0.2, -0.15) is 0 Å². The maximum absolute atomic E-state index is 14.4. The van der Waals surface area contributed by atoms with E-state index in [9.17, 15) is 9.18 Å². The van der Waals surface area contributed by atoms with Crippen molar-refractivity contribution in [3.05, 3.63) is 137 Å². The molecule has 0 atom stereocenters. The molecule has 5 aromatic rings. The average molecular weight is 563 g/mol. The largest absolute Gasteiger partial charge is 0.384 e. The monoisotopic (exact) mass is 562 g/mol. The quantitative estimate of drug-likeness (QED) is 0.145. The number of rotatable bonds is 12. The Kier molecular flexibility index (Phi) is 9.04. The van der Waals surface area contributed by atoms with Crippen LogP contribution >= 0.6 is 0 Å². The lowest BCUT2D eigenvalue weighted by atomic mass is 10.1. The van der Waals surface area contributed by atoms with E-state index in [1.165, 1.54) is 11.6 Å². The third-order valence-corrected chi connectivity index (χ3v) is 7.45. The van der Waals surface area contributed by atoms with Gasteiger partial charge in [0.2, 0.25) is 0 Å². The summed E-state index contributed by atoms with van der Waals surface area (Å²) in [5.41, 5.74) is 17.1. The van der Waals surface area contributed by atoms with Gasteiger partial charge in [-0.1, -0.05) is 72.8 Å². The van der Waals surface area contributed by atoms with E-state index >= 15 is 0 Å². The summed E-state index contributed by atoms with van der Waals surface area (Å²) in [7, 11) is 0. The molecule has 0 aliphatic rings. The van der Waals surface area contributed by atoms with Crippen LogP contribution in [0.5, 0.6) is 0 Å². The SMILES string of the molecule is N=C(N)c1ccc(CCc2nc3cc(C(=O)N(CCN)Cc4ccccc4F)ccc3n2CCc2ccccc2)cc1. The standard InChI is InChI=1S/C34H35FN6O/c35-29-9-5-4-8-28(29)23-40(21-19-36)34(42)27-15-16-31-30(22-27)39-32(41(31)20-18-24-6-2-1-3-7-24)17-12-25-10-13-26(14-11-25)33(37)38/h1-11,13-16,22H,12,17-21,23,36H2,(H3,37,38). The summed E-state index contributed by atoms with van der Waals surface area (Å²) in [5, 5.41) is 7.63. The molecule has 1 amide bonds. The molecule has 0 saturated carbocycles. The van der Waals surface area contributed by atoms with Crippen LogP contribution < -0.4 is 11.5 Å². The van der Waals surface area contributed by atoms with Crippen LogP contribution in [0.1, 0.15) is 38.4 Å². The zero-order valence-corrected chi connectivity index (χ0v) is 23.5. The van der Waals surface area contributed by atoms with Crippen LogP contribution in [-0.2, 0) is 32.4 Å². The number of aryl methyl sites for hydroxylation is 4. The van der Waals surface area contributed by atoms with E-state index < -0.39 is 0 Å². The molecule has 0 fully saturated rings. The molecule has 214 valence electrons. The average Bonchev–Trinajstić information content (AvgIpc) is 3.36. The second-order valence-corrected chi connectivity index (χ2v) is 10.3. The lowest BCUT2D eigenvalue weighted by Crippen LogP contribution is -2.35. The van der Waals surface area contributed by atoms with Gasteiger partial charge in [0.25, 0.3) is 5.91 Å². The molecule has 1 aromatic heterocycles. The van der Waals surface area contributed by atoms with Gasteiger partial charge in [0.1, 0.15) is 17.5 Å². The minimum Gasteiger partial charge on any atom is -0.384 e. The van der Waals surface area contributed by atoms with Crippen molar-refractivity contribution in [2.45, 2.75) is 32.4 Å². The van der Waals surface area contributed by atoms with E-state index in [-0.39, 0.29) is 30.6 Å². The predicted octanol–water partition coefficient (Wildman–Crippen LogP) is 5.09. The fourth-order valence-electron chi connectivity index (χ4n) is 5.17. The Bertz CT molecular complexity index is 1680. The number of nitrogen functional groups attached to an aromatic ring is 1. The Balaban J connectivity index is 1.43. The van der Waals surface area contributed by atoms with Crippen molar-refractivity contribution in [3.63, 3.8) is 0 Å². The summed E-state index contributed by atoms with van der Waals surface area (Å²) in [4.78, 5) is 20.1. The topological polar surface area (TPSA) is 114 Å². The molecular weight excluding hydrogens is 527 g/mol. The molecule has 0 radical (unpaired) electrons. The van der Waals surface area contributed by atoms with Crippen molar-refractivity contribution in [1.82, 2.24) is 14.5 Å². The molecular formula is C34H35FN6O. The number of nitrogens with one attached hydrogen (secondary N) is 1. The van der Waals surface area contributed by atoms with Gasteiger partial charge in [-0.3, -0.25) is 10.2 Å². The van der Waals surface area contributed by atoms with Gasteiger partial charge >= 0.3 is 0 Å². The summed E-state index contributed by atoms with van der Waals surface area (Å²) < 4.78 is 16.6. The van der Waals surface area contributed by atoms with Crippen LogP contribution in [0.2, 0.25) is 0 Å². The molecule has 0 bridgehead atoms. The molecule has 8 heteroatoms. The van der Waals surface area contributed by atoms with Crippen molar-refractivity contribution in [2.24, 2.45) is 11.5 Å². The molecule has 0 spiro atoms. The maximum Gasteiger partial charge on any atom is 0.254 e. The number of amidine groups is 1. The Hall–Kier alpha value is -4.82. The minimum absolute atomic E-state index is 0.0496. The zero-order chi connectivity index (χ0) is 29.5. The van der Waals surface area contributed by atoms with Crippen LogP contribution in [0, 0.1) is 11.2 Å². The van der Waals surface area contributed by atoms with Crippen LogP contribution in [0.4, 0.5) is 4.39 Å². The summed E-state index contributed by atoms with van der Waals surface area (Å²) in [5.74, 6) is 0.428. The predicted molar refractivity (Wildman–Crippen MR) is 165 cm³/mol. The van der Waals surface area contributed by atoms with E-state index in [0.717, 1.165) is 41.8 Å².